The van der Waals surface area contributed by atoms with Crippen LogP contribution in [-0.4, -0.2) is 38.1 Å². The number of ether oxygens (including phenoxy) is 3. The molecule has 114 valence electrons. The van der Waals surface area contributed by atoms with E-state index in [1.807, 2.05) is 0 Å². The molecule has 0 aromatic heterocycles. The van der Waals surface area contributed by atoms with E-state index in [4.69, 9.17) is 14.2 Å². The Labute approximate surface area is 119 Å². The molecule has 1 rings (SSSR count). The van der Waals surface area contributed by atoms with E-state index in [0.29, 0.717) is 25.2 Å². The Morgan fingerprint density at radius 2 is 1.47 bits per heavy atom. The highest BCUT2D eigenvalue weighted by Crippen LogP contribution is 2.21. The van der Waals surface area contributed by atoms with Gasteiger partial charge in [0.05, 0.1) is 31.5 Å². The lowest BCUT2D eigenvalue weighted by molar-refractivity contribution is -0.0731. The molecule has 1 fully saturated rings. The van der Waals surface area contributed by atoms with Gasteiger partial charge < -0.3 is 14.2 Å². The fourth-order valence-electron chi connectivity index (χ4n) is 2.17. The molecule has 3 heteroatoms. The zero-order valence-corrected chi connectivity index (χ0v) is 13.2. The van der Waals surface area contributed by atoms with Crippen LogP contribution in [0, 0.1) is 5.92 Å². The van der Waals surface area contributed by atoms with E-state index in [2.05, 4.69) is 27.7 Å². The van der Waals surface area contributed by atoms with Crippen molar-refractivity contribution in [3.63, 3.8) is 0 Å². The molecule has 0 aliphatic heterocycles. The quantitative estimate of drug-likeness (QED) is 0.605. The molecule has 19 heavy (non-hydrogen) atoms. The molecule has 0 heterocycles. The van der Waals surface area contributed by atoms with E-state index in [-0.39, 0.29) is 12.2 Å². The molecule has 0 spiro atoms. The normalized spacial score (nSPS) is 21.5. The van der Waals surface area contributed by atoms with E-state index in [1.54, 1.807) is 0 Å². The first-order valence-corrected chi connectivity index (χ1v) is 7.96. The maximum atomic E-state index is 5.85. The van der Waals surface area contributed by atoms with Crippen molar-refractivity contribution >= 4 is 0 Å². The Morgan fingerprint density at radius 3 is 2.11 bits per heavy atom. The summed E-state index contributed by atoms with van der Waals surface area (Å²) in [6, 6.07) is 0. The van der Waals surface area contributed by atoms with Gasteiger partial charge in [-0.1, -0.05) is 33.1 Å². The third-order valence-electron chi connectivity index (χ3n) is 3.85. The lowest BCUT2D eigenvalue weighted by atomic mass is 10.1. The van der Waals surface area contributed by atoms with Crippen LogP contribution in [0.5, 0.6) is 0 Å². The summed E-state index contributed by atoms with van der Waals surface area (Å²) in [5.41, 5.74) is 0. The number of hydrogen-bond donors (Lipinski definition) is 0. The second kappa shape index (κ2) is 9.73. The fourth-order valence-corrected chi connectivity index (χ4v) is 2.17. The molecule has 0 aromatic carbocycles. The first-order chi connectivity index (χ1) is 9.11. The molecule has 3 nitrogen and oxygen atoms in total. The van der Waals surface area contributed by atoms with Crippen LogP contribution < -0.4 is 0 Å². The Bertz CT molecular complexity index is 214. The van der Waals surface area contributed by atoms with Gasteiger partial charge in [0.25, 0.3) is 0 Å². The highest BCUT2D eigenvalue weighted by atomic mass is 16.6. The molecule has 3 atom stereocenters. The first kappa shape index (κ1) is 16.9. The molecule has 1 aliphatic rings. The average Bonchev–Trinajstić information content (AvgIpc) is 2.93. The number of rotatable bonds is 10. The summed E-state index contributed by atoms with van der Waals surface area (Å²) in [7, 11) is 0. The highest BCUT2D eigenvalue weighted by molar-refractivity contribution is 4.67. The van der Waals surface area contributed by atoms with E-state index in [0.717, 1.165) is 6.61 Å². The Balaban J connectivity index is 2.00. The van der Waals surface area contributed by atoms with Crippen molar-refractivity contribution in [2.45, 2.75) is 78.1 Å². The molecule has 0 saturated heterocycles. The van der Waals surface area contributed by atoms with Gasteiger partial charge in [0, 0.05) is 6.61 Å². The summed E-state index contributed by atoms with van der Waals surface area (Å²) in [5, 5.41) is 0. The third kappa shape index (κ3) is 7.91. The highest BCUT2D eigenvalue weighted by Gasteiger charge is 2.17. The Morgan fingerprint density at radius 1 is 0.895 bits per heavy atom. The van der Waals surface area contributed by atoms with Crippen molar-refractivity contribution in [2.75, 3.05) is 19.8 Å². The zero-order valence-electron chi connectivity index (χ0n) is 13.2. The first-order valence-electron chi connectivity index (χ1n) is 7.96. The minimum Gasteiger partial charge on any atom is -0.376 e. The summed E-state index contributed by atoms with van der Waals surface area (Å²) < 4.78 is 17.4. The molecular formula is C16H32O3. The van der Waals surface area contributed by atoms with Crippen LogP contribution in [0.25, 0.3) is 0 Å². The largest absolute Gasteiger partial charge is 0.376 e. The van der Waals surface area contributed by atoms with Crippen LogP contribution in [0.2, 0.25) is 0 Å². The van der Waals surface area contributed by atoms with E-state index in [1.165, 1.54) is 32.1 Å². The molecule has 0 bridgehead atoms. The molecule has 1 saturated carbocycles. The van der Waals surface area contributed by atoms with Gasteiger partial charge in [-0.05, 0) is 32.6 Å². The van der Waals surface area contributed by atoms with Gasteiger partial charge >= 0.3 is 0 Å². The predicted molar refractivity (Wildman–Crippen MR) is 78.5 cm³/mol. The van der Waals surface area contributed by atoms with Crippen molar-refractivity contribution in [1.29, 1.82) is 0 Å². The van der Waals surface area contributed by atoms with Gasteiger partial charge in [-0.25, -0.2) is 0 Å². The van der Waals surface area contributed by atoms with Crippen LogP contribution in [0.15, 0.2) is 0 Å². The van der Waals surface area contributed by atoms with Gasteiger partial charge in [-0.3, -0.25) is 0 Å². The van der Waals surface area contributed by atoms with Crippen LogP contribution in [-0.2, 0) is 14.2 Å². The maximum Gasteiger partial charge on any atom is 0.0781 e. The molecule has 0 amide bonds. The monoisotopic (exact) mass is 272 g/mol. The standard InChI is InChI=1S/C16H32O3/c1-5-13(2)10-17-14(3)11-18-15(4)12-19-16-8-6-7-9-16/h13-16H,5-12H2,1-4H3. The van der Waals surface area contributed by atoms with Crippen molar-refractivity contribution in [3.05, 3.63) is 0 Å². The van der Waals surface area contributed by atoms with Crippen LogP contribution in [0.3, 0.4) is 0 Å². The molecule has 3 unspecified atom stereocenters. The average molecular weight is 272 g/mol. The second-order valence-electron chi connectivity index (χ2n) is 6.04. The molecule has 0 N–H and O–H groups in total. The molecule has 0 radical (unpaired) electrons. The summed E-state index contributed by atoms with van der Waals surface area (Å²) >= 11 is 0. The maximum absolute atomic E-state index is 5.85. The zero-order chi connectivity index (χ0) is 14.1. The van der Waals surface area contributed by atoms with Gasteiger partial charge in [0.2, 0.25) is 0 Å². The van der Waals surface area contributed by atoms with Crippen LogP contribution >= 0.6 is 0 Å². The lowest BCUT2D eigenvalue weighted by Crippen LogP contribution is -2.26. The molecular weight excluding hydrogens is 240 g/mol. The van der Waals surface area contributed by atoms with Crippen LogP contribution in [0.1, 0.15) is 59.8 Å². The minimum absolute atomic E-state index is 0.162. The van der Waals surface area contributed by atoms with Crippen molar-refractivity contribution in [3.8, 4) is 0 Å². The van der Waals surface area contributed by atoms with Crippen molar-refractivity contribution < 1.29 is 14.2 Å². The predicted octanol–water partition coefficient (Wildman–Crippen LogP) is 3.80. The summed E-state index contributed by atoms with van der Waals surface area (Å²) in [4.78, 5) is 0. The second-order valence-corrected chi connectivity index (χ2v) is 6.04. The van der Waals surface area contributed by atoms with Gasteiger partial charge in [-0.15, -0.1) is 0 Å². The smallest absolute Gasteiger partial charge is 0.0781 e. The SMILES string of the molecule is CCC(C)COC(C)COC(C)COC1CCCC1. The number of hydrogen-bond acceptors (Lipinski definition) is 3. The van der Waals surface area contributed by atoms with Crippen molar-refractivity contribution in [1.82, 2.24) is 0 Å². The fraction of sp³-hybridized carbons (Fsp3) is 1.00. The van der Waals surface area contributed by atoms with E-state index in [9.17, 15) is 0 Å². The Hall–Kier alpha value is -0.120. The topological polar surface area (TPSA) is 27.7 Å². The van der Waals surface area contributed by atoms with Gasteiger partial charge in [0.15, 0.2) is 0 Å². The van der Waals surface area contributed by atoms with Gasteiger partial charge in [0.1, 0.15) is 0 Å². The summed E-state index contributed by atoms with van der Waals surface area (Å²) in [5.74, 6) is 0.630. The summed E-state index contributed by atoms with van der Waals surface area (Å²) in [6.45, 7) is 10.8. The minimum atomic E-state index is 0.162. The lowest BCUT2D eigenvalue weighted by Gasteiger charge is -2.20. The van der Waals surface area contributed by atoms with E-state index >= 15 is 0 Å². The van der Waals surface area contributed by atoms with Gasteiger partial charge in [-0.2, -0.15) is 0 Å². The Kier molecular flexibility index (Phi) is 8.67. The van der Waals surface area contributed by atoms with E-state index < -0.39 is 0 Å². The molecule has 1 aliphatic carbocycles. The van der Waals surface area contributed by atoms with Crippen LogP contribution in [0.4, 0.5) is 0 Å². The third-order valence-corrected chi connectivity index (χ3v) is 3.85. The molecule has 0 aromatic rings. The van der Waals surface area contributed by atoms with Crippen molar-refractivity contribution in [2.24, 2.45) is 5.92 Å². The summed E-state index contributed by atoms with van der Waals surface area (Å²) in [6.07, 6.45) is 7.06.